The van der Waals surface area contributed by atoms with Crippen LogP contribution in [0.3, 0.4) is 0 Å². The highest BCUT2D eigenvalue weighted by atomic mass is 16.5. The summed E-state index contributed by atoms with van der Waals surface area (Å²) in [6, 6.07) is 5.89. The van der Waals surface area contributed by atoms with Crippen molar-refractivity contribution in [3.63, 3.8) is 0 Å². The quantitative estimate of drug-likeness (QED) is 0.600. The molecule has 3 rings (SSSR count). The molecule has 1 aromatic carbocycles. The van der Waals surface area contributed by atoms with Gasteiger partial charge in [-0.05, 0) is 45.0 Å². The molecule has 3 atom stereocenters. The van der Waals surface area contributed by atoms with Crippen LogP contribution < -0.4 is 4.90 Å². The monoisotopic (exact) mass is 360 g/mol. The van der Waals surface area contributed by atoms with Crippen LogP contribution in [0, 0.1) is 0 Å². The van der Waals surface area contributed by atoms with Crippen LogP contribution in [0.15, 0.2) is 24.3 Å². The van der Waals surface area contributed by atoms with Crippen LogP contribution >= 0.6 is 0 Å². The van der Waals surface area contributed by atoms with Crippen molar-refractivity contribution in [1.82, 2.24) is 4.90 Å². The average molecular weight is 360 g/mol. The zero-order valence-corrected chi connectivity index (χ0v) is 15.3. The Morgan fingerprint density at radius 2 is 1.77 bits per heavy atom. The molecule has 0 spiro atoms. The number of amides is 2. The number of imide groups is 1. The van der Waals surface area contributed by atoms with Crippen molar-refractivity contribution in [2.24, 2.45) is 0 Å². The van der Waals surface area contributed by atoms with Crippen LogP contribution in [0.2, 0.25) is 0 Å². The van der Waals surface area contributed by atoms with Crippen LogP contribution in [-0.4, -0.2) is 60.6 Å². The van der Waals surface area contributed by atoms with Gasteiger partial charge in [0.2, 0.25) is 5.91 Å². The molecule has 0 radical (unpaired) electrons. The molecule has 2 amide bonds. The van der Waals surface area contributed by atoms with E-state index in [1.54, 1.807) is 31.2 Å². The third kappa shape index (κ3) is 3.64. The van der Waals surface area contributed by atoms with E-state index in [4.69, 9.17) is 9.47 Å². The summed E-state index contributed by atoms with van der Waals surface area (Å²) in [6.07, 6.45) is 0.219. The fraction of sp³-hybridized carbons (Fsp3) is 0.526. The van der Waals surface area contributed by atoms with E-state index >= 15 is 0 Å². The lowest BCUT2D eigenvalue weighted by atomic mass is 10.1. The second kappa shape index (κ2) is 7.55. The van der Waals surface area contributed by atoms with Crippen molar-refractivity contribution in [3.8, 4) is 0 Å². The largest absolute Gasteiger partial charge is 0.462 e. The number of ether oxygens (including phenoxy) is 2. The first-order chi connectivity index (χ1) is 12.4. The van der Waals surface area contributed by atoms with Gasteiger partial charge in [-0.25, -0.2) is 9.69 Å². The molecule has 7 heteroatoms. The number of carbonyl (C=O) groups excluding carboxylic acids is 3. The summed E-state index contributed by atoms with van der Waals surface area (Å²) in [6.45, 7) is 7.22. The predicted molar refractivity (Wildman–Crippen MR) is 94.9 cm³/mol. The normalized spacial score (nSPS) is 27.0. The van der Waals surface area contributed by atoms with Crippen LogP contribution in [0.5, 0.6) is 0 Å². The van der Waals surface area contributed by atoms with E-state index in [1.807, 2.05) is 18.7 Å². The minimum absolute atomic E-state index is 0.0274. The van der Waals surface area contributed by atoms with Crippen LogP contribution in [0.1, 0.15) is 37.6 Å². The Hall–Kier alpha value is -2.25. The maximum Gasteiger partial charge on any atom is 0.338 e. The lowest BCUT2D eigenvalue weighted by Crippen LogP contribution is -2.52. The number of hydrogen-bond donors (Lipinski definition) is 0. The zero-order chi connectivity index (χ0) is 18.8. The standard InChI is InChI=1S/C19H24N2O5/c1-4-25-19(24)14-5-7-15(8-6-14)21-17(22)9-16(18(21)23)20-10-12(2)26-13(3)11-20/h5-8,12-13,16H,4,9-11H2,1-3H3/t12-,13-,16+/m1/s1. The molecule has 2 aliphatic heterocycles. The molecular formula is C19H24N2O5. The SMILES string of the molecule is CCOC(=O)c1ccc(N2C(=O)C[C@H](N3C[C@@H](C)O[C@H](C)C3)C2=O)cc1. The molecule has 2 heterocycles. The number of rotatable bonds is 4. The Bertz CT molecular complexity index is 692. The number of esters is 1. The second-order valence-corrected chi connectivity index (χ2v) is 6.77. The molecule has 26 heavy (non-hydrogen) atoms. The number of nitrogens with zero attached hydrogens (tertiary/aromatic N) is 2. The molecule has 0 aliphatic carbocycles. The van der Waals surface area contributed by atoms with Crippen molar-refractivity contribution in [2.45, 2.75) is 45.4 Å². The van der Waals surface area contributed by atoms with Gasteiger partial charge >= 0.3 is 5.97 Å². The number of hydrogen-bond acceptors (Lipinski definition) is 6. The molecule has 0 bridgehead atoms. The molecule has 2 aliphatic rings. The van der Waals surface area contributed by atoms with Gasteiger partial charge in [0.1, 0.15) is 0 Å². The fourth-order valence-electron chi connectivity index (χ4n) is 3.61. The van der Waals surface area contributed by atoms with E-state index < -0.39 is 12.0 Å². The maximum absolute atomic E-state index is 12.9. The van der Waals surface area contributed by atoms with E-state index in [0.29, 0.717) is 30.9 Å². The summed E-state index contributed by atoms with van der Waals surface area (Å²) in [5, 5.41) is 0. The van der Waals surface area contributed by atoms with Gasteiger partial charge < -0.3 is 9.47 Å². The molecule has 0 unspecified atom stereocenters. The zero-order valence-electron chi connectivity index (χ0n) is 15.3. The number of carbonyl (C=O) groups is 3. The summed E-state index contributed by atoms with van der Waals surface area (Å²) in [5.74, 6) is -0.872. The maximum atomic E-state index is 12.9. The van der Waals surface area contributed by atoms with Gasteiger partial charge in [-0.1, -0.05) is 0 Å². The van der Waals surface area contributed by atoms with Gasteiger partial charge in [0.05, 0.1) is 42.5 Å². The van der Waals surface area contributed by atoms with Gasteiger partial charge in [0.15, 0.2) is 0 Å². The molecular weight excluding hydrogens is 336 g/mol. The smallest absolute Gasteiger partial charge is 0.338 e. The molecule has 2 fully saturated rings. The Labute approximate surface area is 152 Å². The van der Waals surface area contributed by atoms with Gasteiger partial charge in [-0.3, -0.25) is 14.5 Å². The Balaban J connectivity index is 1.76. The number of morpholine rings is 1. The topological polar surface area (TPSA) is 76.2 Å². The van der Waals surface area contributed by atoms with E-state index in [1.165, 1.54) is 4.90 Å². The van der Waals surface area contributed by atoms with Gasteiger partial charge in [0, 0.05) is 13.1 Å². The number of benzene rings is 1. The molecule has 140 valence electrons. The fourth-order valence-corrected chi connectivity index (χ4v) is 3.61. The lowest BCUT2D eigenvalue weighted by molar-refractivity contribution is -0.127. The molecule has 0 saturated carbocycles. The van der Waals surface area contributed by atoms with Gasteiger partial charge in [-0.15, -0.1) is 0 Å². The Morgan fingerprint density at radius 3 is 2.35 bits per heavy atom. The Morgan fingerprint density at radius 1 is 1.15 bits per heavy atom. The molecule has 0 N–H and O–H groups in total. The van der Waals surface area contributed by atoms with Crippen LogP contribution in [-0.2, 0) is 19.1 Å². The summed E-state index contributed by atoms with van der Waals surface area (Å²) in [5.41, 5.74) is 0.868. The molecule has 7 nitrogen and oxygen atoms in total. The van der Waals surface area contributed by atoms with E-state index in [-0.39, 0.29) is 30.4 Å². The minimum atomic E-state index is -0.457. The first-order valence-corrected chi connectivity index (χ1v) is 8.94. The third-order valence-electron chi connectivity index (χ3n) is 4.65. The molecule has 0 aromatic heterocycles. The first-order valence-electron chi connectivity index (χ1n) is 8.94. The minimum Gasteiger partial charge on any atom is -0.462 e. The van der Waals surface area contributed by atoms with Crippen molar-refractivity contribution < 1.29 is 23.9 Å². The summed E-state index contributed by atoms with van der Waals surface area (Å²) in [7, 11) is 0. The van der Waals surface area contributed by atoms with Gasteiger partial charge in [0.25, 0.3) is 5.91 Å². The van der Waals surface area contributed by atoms with Crippen LogP contribution in [0.4, 0.5) is 5.69 Å². The van der Waals surface area contributed by atoms with Crippen LogP contribution in [0.25, 0.3) is 0 Å². The molecule has 1 aromatic rings. The second-order valence-electron chi connectivity index (χ2n) is 6.77. The molecule has 2 saturated heterocycles. The highest BCUT2D eigenvalue weighted by molar-refractivity contribution is 6.22. The van der Waals surface area contributed by atoms with Crippen molar-refractivity contribution >= 4 is 23.5 Å². The summed E-state index contributed by atoms with van der Waals surface area (Å²) < 4.78 is 10.7. The van der Waals surface area contributed by atoms with Crippen molar-refractivity contribution in [3.05, 3.63) is 29.8 Å². The first kappa shape index (κ1) is 18.5. The summed E-state index contributed by atoms with van der Waals surface area (Å²) in [4.78, 5) is 40.3. The van der Waals surface area contributed by atoms with Gasteiger partial charge in [-0.2, -0.15) is 0 Å². The van der Waals surface area contributed by atoms with Crippen molar-refractivity contribution in [1.29, 1.82) is 0 Å². The number of anilines is 1. The predicted octanol–water partition coefficient (Wildman–Crippen LogP) is 1.60. The van der Waals surface area contributed by atoms with E-state index in [9.17, 15) is 14.4 Å². The van der Waals surface area contributed by atoms with Crippen molar-refractivity contribution in [2.75, 3.05) is 24.6 Å². The summed E-state index contributed by atoms with van der Waals surface area (Å²) >= 11 is 0. The highest BCUT2D eigenvalue weighted by Gasteiger charge is 2.44. The highest BCUT2D eigenvalue weighted by Crippen LogP contribution is 2.28. The Kier molecular flexibility index (Phi) is 5.38. The lowest BCUT2D eigenvalue weighted by Gasteiger charge is -2.37. The van der Waals surface area contributed by atoms with E-state index in [0.717, 1.165) is 0 Å². The average Bonchev–Trinajstić information content (AvgIpc) is 2.89. The van der Waals surface area contributed by atoms with E-state index in [2.05, 4.69) is 0 Å². The third-order valence-corrected chi connectivity index (χ3v) is 4.65.